The predicted octanol–water partition coefficient (Wildman–Crippen LogP) is 2.57. The number of rotatable bonds is 4. The van der Waals surface area contributed by atoms with Gasteiger partial charge in [-0.2, -0.15) is 0 Å². The third-order valence-electron chi connectivity index (χ3n) is 4.85. The van der Waals surface area contributed by atoms with E-state index in [2.05, 4.69) is 5.32 Å². The molecule has 2 heterocycles. The highest BCUT2D eigenvalue weighted by Gasteiger charge is 2.52. The van der Waals surface area contributed by atoms with Crippen LogP contribution in [0.5, 0.6) is 11.5 Å². The second-order valence-electron chi connectivity index (χ2n) is 7.33. The normalized spacial score (nSPS) is 20.7. The number of fused-ring (bicyclic) bond motifs is 1. The molecule has 0 radical (unpaired) electrons. The summed E-state index contributed by atoms with van der Waals surface area (Å²) in [5.74, 6) is 1.34. The molecule has 25 heavy (non-hydrogen) atoms. The maximum absolute atomic E-state index is 11.4. The topological polar surface area (TPSA) is 66.0 Å². The van der Waals surface area contributed by atoms with E-state index in [1.54, 1.807) is 0 Å². The SMILES string of the molecule is CC(=O)NCC(=Cc1ccc2c(c1)OCO2)B1OC(C)(C)C(C)(C)O1. The zero-order valence-electron chi connectivity index (χ0n) is 15.3. The number of hydrogen-bond acceptors (Lipinski definition) is 5. The van der Waals surface area contributed by atoms with E-state index < -0.39 is 18.3 Å². The van der Waals surface area contributed by atoms with Crippen LogP contribution in [0.15, 0.2) is 23.7 Å². The lowest BCUT2D eigenvalue weighted by Crippen LogP contribution is -2.41. The average molecular weight is 345 g/mol. The average Bonchev–Trinajstić information content (AvgIpc) is 3.05. The quantitative estimate of drug-likeness (QED) is 0.850. The zero-order chi connectivity index (χ0) is 18.2. The Bertz CT molecular complexity index is 697. The summed E-state index contributed by atoms with van der Waals surface area (Å²) in [7, 11) is -0.526. The van der Waals surface area contributed by atoms with Gasteiger partial charge < -0.3 is 24.1 Å². The number of nitrogens with one attached hydrogen (secondary N) is 1. The molecule has 0 saturated carbocycles. The van der Waals surface area contributed by atoms with Gasteiger partial charge in [0.15, 0.2) is 11.5 Å². The summed E-state index contributed by atoms with van der Waals surface area (Å²) in [5, 5.41) is 2.83. The fourth-order valence-corrected chi connectivity index (χ4v) is 2.64. The maximum Gasteiger partial charge on any atom is 0.492 e. The molecule has 1 fully saturated rings. The number of hydrogen-bond donors (Lipinski definition) is 1. The van der Waals surface area contributed by atoms with Crippen LogP contribution in [-0.4, -0.2) is 37.6 Å². The Labute approximate surface area is 148 Å². The lowest BCUT2D eigenvalue weighted by atomic mass is 9.77. The molecule has 1 amide bonds. The standard InChI is InChI=1S/C18H24BNO5/c1-12(21)20-10-14(19-24-17(2,3)18(4,5)25-19)8-13-6-7-15-16(9-13)23-11-22-15/h6-9H,10-11H2,1-5H3,(H,20,21). The van der Waals surface area contributed by atoms with Crippen LogP contribution in [0.2, 0.25) is 0 Å². The van der Waals surface area contributed by atoms with E-state index in [4.69, 9.17) is 18.8 Å². The lowest BCUT2D eigenvalue weighted by Gasteiger charge is -2.32. The molecule has 2 aliphatic heterocycles. The number of amides is 1. The van der Waals surface area contributed by atoms with Gasteiger partial charge in [-0.3, -0.25) is 4.79 Å². The van der Waals surface area contributed by atoms with Gasteiger partial charge in [-0.15, -0.1) is 0 Å². The molecular weight excluding hydrogens is 321 g/mol. The van der Waals surface area contributed by atoms with Crippen LogP contribution in [0.3, 0.4) is 0 Å². The van der Waals surface area contributed by atoms with Crippen molar-refractivity contribution in [1.29, 1.82) is 0 Å². The van der Waals surface area contributed by atoms with Gasteiger partial charge in [0.1, 0.15) is 0 Å². The molecule has 2 aliphatic rings. The van der Waals surface area contributed by atoms with Crippen molar-refractivity contribution >= 4 is 19.1 Å². The first kappa shape index (κ1) is 17.8. The summed E-state index contributed by atoms with van der Waals surface area (Å²) >= 11 is 0. The first-order valence-corrected chi connectivity index (χ1v) is 8.38. The van der Waals surface area contributed by atoms with Crippen LogP contribution in [0.1, 0.15) is 40.2 Å². The van der Waals surface area contributed by atoms with E-state index in [9.17, 15) is 4.79 Å². The summed E-state index contributed by atoms with van der Waals surface area (Å²) < 4.78 is 23.0. The van der Waals surface area contributed by atoms with Crippen molar-refractivity contribution in [2.24, 2.45) is 0 Å². The van der Waals surface area contributed by atoms with Gasteiger partial charge in [-0.1, -0.05) is 12.1 Å². The number of ether oxygens (including phenoxy) is 2. The van der Waals surface area contributed by atoms with Crippen LogP contribution in [0, 0.1) is 0 Å². The monoisotopic (exact) mass is 345 g/mol. The van der Waals surface area contributed by atoms with Crippen LogP contribution in [0.25, 0.3) is 6.08 Å². The molecule has 1 aromatic rings. The summed E-state index contributed by atoms with van der Waals surface area (Å²) in [5.41, 5.74) is 0.885. The Morgan fingerprint density at radius 3 is 2.44 bits per heavy atom. The smallest absolute Gasteiger partial charge is 0.454 e. The molecule has 0 spiro atoms. The van der Waals surface area contributed by atoms with Crippen LogP contribution < -0.4 is 14.8 Å². The first-order chi connectivity index (χ1) is 11.7. The molecule has 1 N–H and O–H groups in total. The van der Waals surface area contributed by atoms with E-state index in [1.807, 2.05) is 52.0 Å². The van der Waals surface area contributed by atoms with Gasteiger partial charge >= 0.3 is 7.12 Å². The fourth-order valence-electron chi connectivity index (χ4n) is 2.64. The number of carbonyl (C=O) groups excluding carboxylic acids is 1. The maximum atomic E-state index is 11.4. The van der Waals surface area contributed by atoms with E-state index in [0.717, 1.165) is 16.8 Å². The van der Waals surface area contributed by atoms with Gasteiger partial charge in [-0.05, 0) is 50.9 Å². The second-order valence-corrected chi connectivity index (χ2v) is 7.33. The Balaban J connectivity index is 1.88. The molecule has 1 saturated heterocycles. The number of benzene rings is 1. The highest BCUT2D eigenvalue weighted by molar-refractivity contribution is 6.56. The van der Waals surface area contributed by atoms with Crippen molar-refractivity contribution in [3.8, 4) is 11.5 Å². The zero-order valence-corrected chi connectivity index (χ0v) is 15.3. The Hall–Kier alpha value is -1.99. The van der Waals surface area contributed by atoms with Crippen molar-refractivity contribution in [3.63, 3.8) is 0 Å². The van der Waals surface area contributed by atoms with Crippen LogP contribution in [-0.2, 0) is 14.1 Å². The van der Waals surface area contributed by atoms with Crippen LogP contribution >= 0.6 is 0 Å². The van der Waals surface area contributed by atoms with Crippen molar-refractivity contribution in [3.05, 3.63) is 29.2 Å². The molecular formula is C18H24BNO5. The summed E-state index contributed by atoms with van der Waals surface area (Å²) in [6.45, 7) is 10.1. The molecule has 0 aliphatic carbocycles. The first-order valence-electron chi connectivity index (χ1n) is 8.38. The molecule has 1 aromatic carbocycles. The molecule has 0 atom stereocenters. The molecule has 3 rings (SSSR count). The molecule has 0 bridgehead atoms. The predicted molar refractivity (Wildman–Crippen MR) is 95.3 cm³/mol. The van der Waals surface area contributed by atoms with E-state index in [1.165, 1.54) is 6.92 Å². The number of carbonyl (C=O) groups is 1. The Morgan fingerprint density at radius 1 is 1.16 bits per heavy atom. The Morgan fingerprint density at radius 2 is 1.80 bits per heavy atom. The van der Waals surface area contributed by atoms with Gasteiger partial charge in [-0.25, -0.2) is 0 Å². The summed E-state index contributed by atoms with van der Waals surface area (Å²) in [6.07, 6.45) is 1.96. The Kier molecular flexibility index (Phi) is 4.55. The summed E-state index contributed by atoms with van der Waals surface area (Å²) in [4.78, 5) is 11.4. The summed E-state index contributed by atoms with van der Waals surface area (Å²) in [6, 6.07) is 5.71. The van der Waals surface area contributed by atoms with Crippen LogP contribution in [0.4, 0.5) is 0 Å². The van der Waals surface area contributed by atoms with Gasteiger partial charge in [0.2, 0.25) is 12.7 Å². The molecule has 134 valence electrons. The minimum Gasteiger partial charge on any atom is -0.454 e. The molecule has 7 heteroatoms. The van der Waals surface area contributed by atoms with Crippen molar-refractivity contribution in [2.75, 3.05) is 13.3 Å². The molecule has 0 aromatic heterocycles. The van der Waals surface area contributed by atoms with E-state index >= 15 is 0 Å². The van der Waals surface area contributed by atoms with Crippen molar-refractivity contribution in [1.82, 2.24) is 5.32 Å². The third kappa shape index (κ3) is 3.67. The highest BCUT2D eigenvalue weighted by atomic mass is 16.7. The van der Waals surface area contributed by atoms with Crippen molar-refractivity contribution in [2.45, 2.75) is 45.8 Å². The highest BCUT2D eigenvalue weighted by Crippen LogP contribution is 2.39. The lowest BCUT2D eigenvalue weighted by molar-refractivity contribution is -0.118. The van der Waals surface area contributed by atoms with Crippen molar-refractivity contribution < 1.29 is 23.6 Å². The fraction of sp³-hybridized carbons (Fsp3) is 0.500. The van der Waals surface area contributed by atoms with Gasteiger partial charge in [0.25, 0.3) is 0 Å². The van der Waals surface area contributed by atoms with Gasteiger partial charge in [0.05, 0.1) is 11.2 Å². The van der Waals surface area contributed by atoms with E-state index in [0.29, 0.717) is 12.3 Å². The minimum absolute atomic E-state index is 0.104. The second kappa shape index (κ2) is 6.39. The minimum atomic E-state index is -0.526. The largest absolute Gasteiger partial charge is 0.492 e. The third-order valence-corrected chi connectivity index (χ3v) is 4.85. The van der Waals surface area contributed by atoms with Gasteiger partial charge in [0, 0.05) is 13.5 Å². The van der Waals surface area contributed by atoms with E-state index in [-0.39, 0.29) is 12.7 Å². The molecule has 6 nitrogen and oxygen atoms in total. The molecule has 0 unspecified atom stereocenters.